The molecule has 0 saturated carbocycles. The molecule has 42 heavy (non-hydrogen) atoms. The van der Waals surface area contributed by atoms with Crippen molar-refractivity contribution >= 4 is 11.8 Å². The molecule has 0 spiro atoms. The predicted molar refractivity (Wildman–Crippen MR) is 171 cm³/mol. The Morgan fingerprint density at radius 1 is 0.571 bits per heavy atom. The van der Waals surface area contributed by atoms with Gasteiger partial charge in [0.25, 0.3) is 0 Å². The van der Waals surface area contributed by atoms with Gasteiger partial charge in [-0.3, -0.25) is 9.59 Å². The highest BCUT2D eigenvalue weighted by molar-refractivity contribution is 5.86. The number of aliphatic hydroxyl groups excluding tert-OH is 4. The van der Waals surface area contributed by atoms with Crippen molar-refractivity contribution in [3.8, 4) is 0 Å². The first kappa shape index (κ1) is 41.0. The van der Waals surface area contributed by atoms with Gasteiger partial charge in [-0.2, -0.15) is 0 Å². The lowest BCUT2D eigenvalue weighted by Gasteiger charge is -2.20. The molecule has 0 rings (SSSR count). The molecule has 0 aromatic carbocycles. The molecule has 0 heterocycles. The zero-order valence-corrected chi connectivity index (χ0v) is 27.4. The highest BCUT2D eigenvalue weighted by Gasteiger charge is 2.30. The van der Waals surface area contributed by atoms with E-state index in [1.807, 2.05) is 0 Å². The van der Waals surface area contributed by atoms with Crippen molar-refractivity contribution in [2.24, 2.45) is 5.92 Å². The van der Waals surface area contributed by atoms with Crippen LogP contribution in [0.25, 0.3) is 0 Å². The largest absolute Gasteiger partial charge is 0.458 e. The summed E-state index contributed by atoms with van der Waals surface area (Å²) in [5.74, 6) is -1.14. The number of hydrogen-bond donors (Lipinski definition) is 4. The molecule has 1 unspecified atom stereocenters. The zero-order valence-electron chi connectivity index (χ0n) is 27.4. The molecule has 0 aromatic heterocycles. The van der Waals surface area contributed by atoms with Gasteiger partial charge in [-0.15, -0.1) is 0 Å². The lowest BCUT2D eigenvalue weighted by molar-refractivity contribution is -0.155. The Balaban J connectivity index is 4.36. The topological polar surface area (TPSA) is 124 Å². The van der Waals surface area contributed by atoms with E-state index >= 15 is 0 Å². The number of Topliss-reactive ketones (excluding diaryl/α,β-unsaturated/α-hetero) is 1. The third kappa shape index (κ3) is 24.4. The van der Waals surface area contributed by atoms with E-state index in [0.717, 1.165) is 25.7 Å². The summed E-state index contributed by atoms with van der Waals surface area (Å²) in [6, 6.07) is 0. The molecule has 7 nitrogen and oxygen atoms in total. The maximum absolute atomic E-state index is 12.5. The van der Waals surface area contributed by atoms with E-state index in [0.29, 0.717) is 0 Å². The van der Waals surface area contributed by atoms with Crippen LogP contribution in [0.1, 0.15) is 174 Å². The highest BCUT2D eigenvalue weighted by Crippen LogP contribution is 2.23. The maximum atomic E-state index is 12.5. The fraction of sp³-hybridized carbons (Fsp3) is 0.943. The molecule has 0 aromatic rings. The fourth-order valence-corrected chi connectivity index (χ4v) is 5.58. The van der Waals surface area contributed by atoms with Crippen molar-refractivity contribution in [3.63, 3.8) is 0 Å². The quantitative estimate of drug-likeness (QED) is 0.0463. The minimum absolute atomic E-state index is 0.219. The number of carbonyl (C=O) groups excluding carboxylic acids is 2. The predicted octanol–water partition coefficient (Wildman–Crippen LogP) is 7.58. The van der Waals surface area contributed by atoms with Crippen molar-refractivity contribution < 1.29 is 34.8 Å². The summed E-state index contributed by atoms with van der Waals surface area (Å²) in [4.78, 5) is 24.6. The Bertz CT molecular complexity index is 612. The summed E-state index contributed by atoms with van der Waals surface area (Å²) in [7, 11) is 0. The van der Waals surface area contributed by atoms with E-state index in [9.17, 15) is 24.9 Å². The van der Waals surface area contributed by atoms with Crippen LogP contribution in [-0.4, -0.2) is 63.7 Å². The van der Waals surface area contributed by atoms with Gasteiger partial charge in [0.15, 0.2) is 6.61 Å². The van der Waals surface area contributed by atoms with E-state index in [-0.39, 0.29) is 12.3 Å². The minimum Gasteiger partial charge on any atom is -0.458 e. The van der Waals surface area contributed by atoms with Gasteiger partial charge in [-0.25, -0.2) is 0 Å². The van der Waals surface area contributed by atoms with Crippen molar-refractivity contribution in [1.82, 2.24) is 0 Å². The molecule has 0 radical (unpaired) electrons. The van der Waals surface area contributed by atoms with Crippen LogP contribution in [-0.2, 0) is 14.3 Å². The monoisotopic (exact) mass is 600 g/mol. The molecule has 0 aliphatic rings. The zero-order chi connectivity index (χ0) is 31.3. The first-order chi connectivity index (χ1) is 20.4. The van der Waals surface area contributed by atoms with Gasteiger partial charge in [-0.1, -0.05) is 155 Å². The number of carbonyl (C=O) groups is 2. The molecule has 4 N–H and O–H groups in total. The molecular weight excluding hydrogens is 532 g/mol. The van der Waals surface area contributed by atoms with E-state index in [1.54, 1.807) is 0 Å². The van der Waals surface area contributed by atoms with Crippen LogP contribution in [0.2, 0.25) is 0 Å². The number of unbranched alkanes of at least 4 members (excludes halogenated alkanes) is 20. The summed E-state index contributed by atoms with van der Waals surface area (Å²) in [5.41, 5.74) is 0. The van der Waals surface area contributed by atoms with Crippen LogP contribution in [0.15, 0.2) is 0 Å². The lowest BCUT2D eigenvalue weighted by Crippen LogP contribution is -2.45. The Morgan fingerprint density at radius 3 is 1.29 bits per heavy atom. The Kier molecular flexibility index (Phi) is 29.3. The molecule has 0 aliphatic heterocycles. The number of hydrogen-bond acceptors (Lipinski definition) is 7. The van der Waals surface area contributed by atoms with Crippen molar-refractivity contribution in [1.29, 1.82) is 0 Å². The molecule has 0 fully saturated rings. The van der Waals surface area contributed by atoms with Gasteiger partial charge in [0, 0.05) is 6.42 Å². The fourth-order valence-electron chi connectivity index (χ4n) is 5.58. The van der Waals surface area contributed by atoms with Crippen molar-refractivity contribution in [2.75, 3.05) is 13.2 Å². The Hall–Kier alpha value is -1.02. The Labute approximate surface area is 258 Å². The average molecular weight is 601 g/mol. The van der Waals surface area contributed by atoms with Gasteiger partial charge in [0.1, 0.15) is 18.3 Å². The van der Waals surface area contributed by atoms with Crippen LogP contribution in [0.5, 0.6) is 0 Å². The van der Waals surface area contributed by atoms with Crippen LogP contribution in [0.3, 0.4) is 0 Å². The van der Waals surface area contributed by atoms with Gasteiger partial charge in [0.2, 0.25) is 5.78 Å². The minimum atomic E-state index is -1.91. The summed E-state index contributed by atoms with van der Waals surface area (Å²) >= 11 is 0. The molecule has 0 amide bonds. The van der Waals surface area contributed by atoms with Crippen LogP contribution in [0.4, 0.5) is 0 Å². The van der Waals surface area contributed by atoms with Gasteiger partial charge in [-0.05, 0) is 18.8 Å². The summed E-state index contributed by atoms with van der Waals surface area (Å²) < 4.78 is 5.13. The van der Waals surface area contributed by atoms with Gasteiger partial charge < -0.3 is 25.2 Å². The van der Waals surface area contributed by atoms with E-state index in [2.05, 4.69) is 13.8 Å². The molecule has 0 aliphatic carbocycles. The van der Waals surface area contributed by atoms with E-state index in [1.165, 1.54) is 128 Å². The third-order valence-corrected chi connectivity index (χ3v) is 8.50. The SMILES string of the molecule is CCCCCCCCCCCCCCC(CCCCCCCCCCCC)CC(=O)OCC(=O)[C@@H](O)[C@H](O)[C@H](O)CO. The smallest absolute Gasteiger partial charge is 0.306 e. The second-order valence-electron chi connectivity index (χ2n) is 12.5. The summed E-state index contributed by atoms with van der Waals surface area (Å²) in [5, 5.41) is 37.9. The number of ether oxygens (including phenoxy) is 1. The number of aliphatic hydroxyl groups is 4. The van der Waals surface area contributed by atoms with Crippen LogP contribution < -0.4 is 0 Å². The number of rotatable bonds is 32. The normalized spacial score (nSPS) is 14.4. The number of ketones is 1. The summed E-state index contributed by atoms with van der Waals surface area (Å²) in [6.45, 7) is 3.06. The third-order valence-electron chi connectivity index (χ3n) is 8.50. The van der Waals surface area contributed by atoms with Crippen LogP contribution >= 0.6 is 0 Å². The van der Waals surface area contributed by atoms with Crippen molar-refractivity contribution in [3.05, 3.63) is 0 Å². The lowest BCUT2D eigenvalue weighted by atomic mass is 9.91. The molecule has 250 valence electrons. The highest BCUT2D eigenvalue weighted by atomic mass is 16.5. The van der Waals surface area contributed by atoms with Gasteiger partial charge in [0.05, 0.1) is 6.61 Å². The maximum Gasteiger partial charge on any atom is 0.306 e. The molecule has 7 heteroatoms. The van der Waals surface area contributed by atoms with Gasteiger partial charge >= 0.3 is 5.97 Å². The first-order valence-electron chi connectivity index (χ1n) is 17.7. The Morgan fingerprint density at radius 2 is 0.929 bits per heavy atom. The molecule has 4 atom stereocenters. The first-order valence-corrected chi connectivity index (χ1v) is 17.7. The van der Waals surface area contributed by atoms with E-state index < -0.39 is 43.3 Å². The molecular formula is C35H68O7. The average Bonchev–Trinajstić information content (AvgIpc) is 2.99. The molecule has 0 bridgehead atoms. The number of esters is 1. The standard InChI is InChI=1S/C35H68O7/c1-3-5-7-9-11-13-15-16-18-20-22-24-26-30(25-23-21-19-17-14-12-10-8-6-4-2)27-33(39)42-29-32(38)35(41)34(40)31(37)28-36/h30-31,34-37,40-41H,3-29H2,1-2H3/t30?,31-,34-,35-/m1/s1. The summed E-state index contributed by atoms with van der Waals surface area (Å²) in [6.07, 6.45) is 25.1. The second kappa shape index (κ2) is 30.0. The van der Waals surface area contributed by atoms with Crippen molar-refractivity contribution in [2.45, 2.75) is 193 Å². The van der Waals surface area contributed by atoms with Crippen LogP contribution in [0, 0.1) is 5.92 Å². The molecule has 0 saturated heterocycles. The second-order valence-corrected chi connectivity index (χ2v) is 12.5. The van der Waals surface area contributed by atoms with E-state index in [4.69, 9.17) is 9.84 Å².